The summed E-state index contributed by atoms with van der Waals surface area (Å²) in [6, 6.07) is 85.3. The summed E-state index contributed by atoms with van der Waals surface area (Å²) < 4.78 is 11.2. The van der Waals surface area contributed by atoms with E-state index in [4.69, 9.17) is 4.42 Å². The Labute approximate surface area is 393 Å². The first-order valence-corrected chi connectivity index (χ1v) is 21.4. The fourth-order valence-electron chi connectivity index (χ4n) is 9.78. The molecule has 296 valence electrons. The van der Waals surface area contributed by atoms with Crippen LogP contribution < -0.4 is 0 Å². The van der Waals surface area contributed by atoms with Gasteiger partial charge in [-0.25, -0.2) is 5.56 Å². The maximum atomic E-state index is 6.44. The summed E-state index contributed by atoms with van der Waals surface area (Å²) in [6.45, 7) is 0. The van der Waals surface area contributed by atoms with Gasteiger partial charge >= 0.3 is 31.1 Å². The second-order valence-electron chi connectivity index (χ2n) is 16.3. The molecule has 0 spiro atoms. The molecule has 0 atom stereocenters. The van der Waals surface area contributed by atoms with Crippen LogP contribution in [0.25, 0.3) is 121 Å². The predicted octanol–water partition coefficient (Wildman–Crippen LogP) is 16.0. The van der Waals surface area contributed by atoms with Gasteiger partial charge in [-0.1, -0.05) is 115 Å². The molecule has 3 heterocycles. The van der Waals surface area contributed by atoms with Crippen molar-refractivity contribution in [2.45, 2.75) is 0 Å². The number of benzene rings is 10. The second-order valence-corrected chi connectivity index (χ2v) is 16.3. The Morgan fingerprint density at radius 1 is 0.344 bits per heavy atom. The van der Waals surface area contributed by atoms with Gasteiger partial charge in [0, 0.05) is 49.3 Å². The fourth-order valence-corrected chi connectivity index (χ4v) is 9.78. The van der Waals surface area contributed by atoms with Crippen molar-refractivity contribution in [1.82, 2.24) is 9.13 Å². The van der Waals surface area contributed by atoms with Gasteiger partial charge in [0.1, 0.15) is 11.2 Å². The summed E-state index contributed by atoms with van der Waals surface area (Å²) in [7, 11) is 0. The number of hydrogen-bond donors (Lipinski definition) is 0. The Morgan fingerprint density at radius 3 is 1.61 bits per heavy atom. The smallest absolute Gasteiger partial charge is 0.455 e. The quantitative estimate of drug-likeness (QED) is 0.152. The van der Waals surface area contributed by atoms with Gasteiger partial charge in [0.25, 0.3) is 0 Å². The summed E-state index contributed by atoms with van der Waals surface area (Å²) >= 11 is 0. The van der Waals surface area contributed by atoms with E-state index in [0.29, 0.717) is 0 Å². The van der Waals surface area contributed by atoms with Gasteiger partial charge in [0.05, 0.1) is 22.1 Å². The molecule has 3 nitrogen and oxygen atoms in total. The molecular weight excluding hydrogens is 1000 g/mol. The third-order valence-electron chi connectivity index (χ3n) is 12.7. The number of fused-ring (bicyclic) bond motifs is 9. The molecule has 0 fully saturated rings. The van der Waals surface area contributed by atoms with E-state index in [1.54, 1.807) is 0 Å². The molecule has 13 aromatic rings. The van der Waals surface area contributed by atoms with Crippen molar-refractivity contribution in [3.05, 3.63) is 231 Å². The van der Waals surface area contributed by atoms with Crippen LogP contribution in [0.3, 0.4) is 0 Å². The molecule has 0 saturated heterocycles. The predicted molar refractivity (Wildman–Crippen MR) is 262 cm³/mol. The number of hydrogen-bond acceptors (Lipinski definition) is 1. The first-order valence-electron chi connectivity index (χ1n) is 21.4. The van der Waals surface area contributed by atoms with Gasteiger partial charge in [0.15, 0.2) is 0 Å². The molecule has 0 aliphatic carbocycles. The van der Waals surface area contributed by atoms with Crippen molar-refractivity contribution in [3.8, 4) is 55.9 Å². The second kappa shape index (κ2) is 15.5. The van der Waals surface area contributed by atoms with Crippen LogP contribution in [0.1, 0.15) is 0 Å². The zero-order chi connectivity index (χ0) is 41.4. The normalized spacial score (nSPS) is 11.6. The van der Waals surface area contributed by atoms with Crippen LogP contribution in [0.5, 0.6) is 0 Å². The van der Waals surface area contributed by atoms with Crippen LogP contribution in [0.4, 0.5) is 0 Å². The molecule has 0 N–H and O–H groups in total. The monoisotopic (exact) mass is 1040 g/mol. The number of nitrogens with zero attached hydrogens (tertiary/aromatic N) is 2. The van der Waals surface area contributed by atoms with Crippen LogP contribution in [-0.4, -0.2) is 9.13 Å². The standard InChI is InChI=1S/C60H36N2O.U/c1-3-13-39(14-4-1)41-15-11-16-42(35-41)43-27-33-57-53(37-43)54-38-45(44-28-32-56-52(36-44)49-19-7-9-23-55(49)61(56)46-17-5-2-6-18-46)29-34-58(54)62(57)47-30-25-40(26-31-47)48-21-12-22-51-50-20-8-10-24-59(50)63-60(48)51;/h1-13,15-34,36-38H;/q-2;+2. The maximum absolute atomic E-state index is 6.44. The van der Waals surface area contributed by atoms with Crippen molar-refractivity contribution < 1.29 is 35.5 Å². The maximum Gasteiger partial charge on any atom is 2.00 e. The Bertz CT molecular complexity index is 3900. The fraction of sp³-hybridized carbons (Fsp3) is 0. The average Bonchev–Trinajstić information content (AvgIpc) is 4.02. The van der Waals surface area contributed by atoms with E-state index in [9.17, 15) is 0 Å². The summed E-state index contributed by atoms with van der Waals surface area (Å²) in [5.41, 5.74) is 17.6. The average molecular weight is 1040 g/mol. The first kappa shape index (κ1) is 38.3. The molecule has 3 aromatic heterocycles. The van der Waals surface area contributed by atoms with Crippen LogP contribution in [0.15, 0.2) is 223 Å². The Morgan fingerprint density at radius 2 is 0.875 bits per heavy atom. The minimum absolute atomic E-state index is 0. The van der Waals surface area contributed by atoms with Crippen LogP contribution >= 0.6 is 0 Å². The van der Waals surface area contributed by atoms with Gasteiger partial charge in [-0.05, 0) is 83.4 Å². The Kier molecular flexibility index (Phi) is 9.27. The molecule has 64 heavy (non-hydrogen) atoms. The summed E-state index contributed by atoms with van der Waals surface area (Å²) in [6.07, 6.45) is 0. The minimum Gasteiger partial charge on any atom is -0.455 e. The van der Waals surface area contributed by atoms with Gasteiger partial charge in [-0.15, -0.1) is 23.8 Å². The van der Waals surface area contributed by atoms with Gasteiger partial charge in [-0.3, -0.25) is 0 Å². The molecule has 4 heteroatoms. The van der Waals surface area contributed by atoms with E-state index < -0.39 is 0 Å². The zero-order valence-electron chi connectivity index (χ0n) is 34.6. The van der Waals surface area contributed by atoms with Crippen molar-refractivity contribution in [1.29, 1.82) is 0 Å². The van der Waals surface area contributed by atoms with E-state index in [0.717, 1.165) is 77.7 Å². The third-order valence-corrected chi connectivity index (χ3v) is 12.7. The number of aromatic nitrogens is 2. The van der Waals surface area contributed by atoms with E-state index >= 15 is 0 Å². The molecule has 0 radical (unpaired) electrons. The zero-order valence-corrected chi connectivity index (χ0v) is 38.8. The molecule has 10 aromatic carbocycles. The van der Waals surface area contributed by atoms with Crippen LogP contribution in [0, 0.1) is 43.2 Å². The van der Waals surface area contributed by atoms with Crippen molar-refractivity contribution in [3.63, 3.8) is 0 Å². The Balaban J connectivity index is 0.00000433. The van der Waals surface area contributed by atoms with Crippen molar-refractivity contribution in [2.75, 3.05) is 0 Å². The molecule has 0 saturated carbocycles. The van der Waals surface area contributed by atoms with E-state index in [2.05, 4.69) is 215 Å². The van der Waals surface area contributed by atoms with Gasteiger partial charge < -0.3 is 13.6 Å². The molecule has 13 rings (SSSR count). The van der Waals surface area contributed by atoms with Crippen LogP contribution in [-0.2, 0) is 0 Å². The summed E-state index contributed by atoms with van der Waals surface area (Å²) in [5.74, 6) is 0. The molecule has 0 bridgehead atoms. The van der Waals surface area contributed by atoms with E-state index in [1.165, 1.54) is 43.7 Å². The van der Waals surface area contributed by atoms with E-state index in [-0.39, 0.29) is 31.1 Å². The van der Waals surface area contributed by atoms with E-state index in [1.807, 2.05) is 24.3 Å². The summed E-state index contributed by atoms with van der Waals surface area (Å²) in [4.78, 5) is 0. The number of para-hydroxylation sites is 4. The SMILES string of the molecule is [U+2].[c-]1ccccc1-c1[c-]c(-c2ccc3c(c2)c2cc(-c4ccc5c(c4)c4ccccc4n5-c4ccccc4)ccc2n3-c2ccc(-c3cccc4c3oc3ccccc34)cc2)ccc1. The molecular formula is C60H36N2OU. The Hall–Kier alpha value is -7.35. The molecule has 0 unspecified atom stereocenters. The molecule has 0 amide bonds. The number of furan rings is 1. The largest absolute Gasteiger partial charge is 2.00 e. The number of rotatable bonds is 6. The van der Waals surface area contributed by atoms with Gasteiger partial charge in [-0.2, -0.15) is 42.0 Å². The third kappa shape index (κ3) is 6.17. The minimum atomic E-state index is 0. The molecule has 0 aliphatic rings. The first-order chi connectivity index (χ1) is 31.2. The van der Waals surface area contributed by atoms with Crippen molar-refractivity contribution >= 4 is 65.6 Å². The van der Waals surface area contributed by atoms with Crippen LogP contribution in [0.2, 0.25) is 0 Å². The van der Waals surface area contributed by atoms with Crippen molar-refractivity contribution in [2.24, 2.45) is 0 Å². The van der Waals surface area contributed by atoms with Gasteiger partial charge in [0.2, 0.25) is 0 Å². The molecule has 0 aliphatic heterocycles. The topological polar surface area (TPSA) is 23.0 Å². The summed E-state index contributed by atoms with van der Waals surface area (Å²) in [5, 5.41) is 7.13.